The molecule has 1 amide bonds. The van der Waals surface area contributed by atoms with Crippen LogP contribution in [-0.2, 0) is 14.4 Å². The summed E-state index contributed by atoms with van der Waals surface area (Å²) in [5.41, 5.74) is 1.44. The molecular formula is C21H25N3O4. The average Bonchev–Trinajstić information content (AvgIpc) is 3.39. The number of carbonyl (C=O) groups excluding carboxylic acids is 1. The topological polar surface area (TPSA) is 76.3 Å². The van der Waals surface area contributed by atoms with Gasteiger partial charge in [-0.25, -0.2) is 0 Å². The summed E-state index contributed by atoms with van der Waals surface area (Å²) < 4.78 is 11.3. The Labute approximate surface area is 164 Å². The lowest BCUT2D eigenvalue weighted by Crippen LogP contribution is -2.44. The van der Waals surface area contributed by atoms with Crippen molar-refractivity contribution in [2.45, 2.75) is 25.5 Å². The van der Waals surface area contributed by atoms with E-state index in [-0.39, 0.29) is 18.1 Å². The summed E-state index contributed by atoms with van der Waals surface area (Å²) in [6.07, 6.45) is 0.266. The van der Waals surface area contributed by atoms with E-state index in [1.807, 2.05) is 49.4 Å². The van der Waals surface area contributed by atoms with Gasteiger partial charge in [-0.15, -0.1) is 0 Å². The Bertz CT molecular complexity index is 827. The van der Waals surface area contributed by atoms with Crippen LogP contribution < -0.4 is 5.32 Å². The van der Waals surface area contributed by atoms with Crippen molar-refractivity contribution < 1.29 is 18.8 Å². The molecule has 1 aromatic heterocycles. The molecule has 148 valence electrons. The zero-order valence-electron chi connectivity index (χ0n) is 16.0. The standard InChI is InChI=1S/C21H25N3O4/c1-15-7-8-19(27-15)18(24-9-11-26-12-10-24)14-22-21(25)17-13-20(28-23-17)16-5-3-2-4-6-16/h2-8,18,20H,9-14H2,1H3,(H,22,25). The highest BCUT2D eigenvalue weighted by atomic mass is 16.6. The van der Waals surface area contributed by atoms with Crippen LogP contribution in [0.25, 0.3) is 0 Å². The van der Waals surface area contributed by atoms with Gasteiger partial charge in [-0.3, -0.25) is 9.69 Å². The highest BCUT2D eigenvalue weighted by molar-refractivity contribution is 6.39. The molecular weight excluding hydrogens is 358 g/mol. The van der Waals surface area contributed by atoms with Gasteiger partial charge in [-0.05, 0) is 24.6 Å². The first-order valence-corrected chi connectivity index (χ1v) is 9.64. The number of benzene rings is 1. The van der Waals surface area contributed by atoms with Gasteiger partial charge < -0.3 is 19.3 Å². The summed E-state index contributed by atoms with van der Waals surface area (Å²) in [5.74, 6) is 1.52. The molecule has 0 saturated carbocycles. The van der Waals surface area contributed by atoms with Gasteiger partial charge in [0.05, 0.1) is 19.3 Å². The number of morpholine rings is 1. The normalized spacial score (nSPS) is 21.0. The van der Waals surface area contributed by atoms with Crippen molar-refractivity contribution in [3.63, 3.8) is 0 Å². The number of carbonyl (C=O) groups is 1. The van der Waals surface area contributed by atoms with Gasteiger partial charge in [0.1, 0.15) is 17.2 Å². The first-order valence-electron chi connectivity index (χ1n) is 9.64. The molecule has 2 unspecified atom stereocenters. The Kier molecular flexibility index (Phi) is 5.73. The molecule has 3 heterocycles. The molecule has 2 aromatic rings. The van der Waals surface area contributed by atoms with Crippen LogP contribution in [0, 0.1) is 6.92 Å². The van der Waals surface area contributed by atoms with Crippen LogP contribution in [0.2, 0.25) is 0 Å². The summed E-state index contributed by atoms with van der Waals surface area (Å²) in [6.45, 7) is 5.35. The number of hydrogen-bond acceptors (Lipinski definition) is 6. The number of rotatable bonds is 6. The van der Waals surface area contributed by atoms with Gasteiger partial charge in [0.25, 0.3) is 5.91 Å². The minimum atomic E-state index is -0.204. The summed E-state index contributed by atoms with van der Waals surface area (Å²) in [6, 6.07) is 13.7. The van der Waals surface area contributed by atoms with E-state index in [0.29, 0.717) is 31.9 Å². The average molecular weight is 383 g/mol. The van der Waals surface area contributed by atoms with E-state index < -0.39 is 0 Å². The molecule has 28 heavy (non-hydrogen) atoms. The number of hydrogen-bond donors (Lipinski definition) is 1. The summed E-state index contributed by atoms with van der Waals surface area (Å²) >= 11 is 0. The largest absolute Gasteiger partial charge is 0.465 e. The number of ether oxygens (including phenoxy) is 1. The SMILES string of the molecule is Cc1ccc(C(CNC(=O)C2=NOC(c3ccccc3)C2)N2CCOCC2)o1. The number of nitrogens with one attached hydrogen (secondary N) is 1. The van der Waals surface area contributed by atoms with Crippen LogP contribution in [-0.4, -0.2) is 49.4 Å². The molecule has 7 heteroatoms. The van der Waals surface area contributed by atoms with Gasteiger partial charge in [0.2, 0.25) is 0 Å². The zero-order valence-corrected chi connectivity index (χ0v) is 16.0. The van der Waals surface area contributed by atoms with Crippen molar-refractivity contribution in [2.75, 3.05) is 32.8 Å². The molecule has 2 aliphatic rings. The second-order valence-corrected chi connectivity index (χ2v) is 7.07. The first kappa shape index (κ1) is 18.7. The van der Waals surface area contributed by atoms with Gasteiger partial charge in [0.15, 0.2) is 6.10 Å². The lowest BCUT2D eigenvalue weighted by atomic mass is 10.0. The maximum Gasteiger partial charge on any atom is 0.269 e. The molecule has 0 radical (unpaired) electrons. The third-order valence-corrected chi connectivity index (χ3v) is 5.13. The molecule has 0 aliphatic carbocycles. The Morgan fingerprint density at radius 1 is 1.21 bits per heavy atom. The maximum atomic E-state index is 12.7. The number of amides is 1. The molecule has 2 atom stereocenters. The predicted molar refractivity (Wildman–Crippen MR) is 104 cm³/mol. The minimum Gasteiger partial charge on any atom is -0.465 e. The second kappa shape index (κ2) is 8.58. The fourth-order valence-corrected chi connectivity index (χ4v) is 3.58. The summed E-state index contributed by atoms with van der Waals surface area (Å²) in [7, 11) is 0. The fourth-order valence-electron chi connectivity index (χ4n) is 3.58. The number of oxime groups is 1. The van der Waals surface area contributed by atoms with Crippen LogP contribution >= 0.6 is 0 Å². The summed E-state index contributed by atoms with van der Waals surface area (Å²) in [4.78, 5) is 20.4. The van der Waals surface area contributed by atoms with E-state index in [1.165, 1.54) is 0 Å². The van der Waals surface area contributed by atoms with Crippen molar-refractivity contribution in [2.24, 2.45) is 5.16 Å². The van der Waals surface area contributed by atoms with Gasteiger partial charge >= 0.3 is 0 Å². The Morgan fingerprint density at radius 2 is 2.00 bits per heavy atom. The highest BCUT2D eigenvalue weighted by Crippen LogP contribution is 2.27. The van der Waals surface area contributed by atoms with E-state index in [1.54, 1.807) is 0 Å². The lowest BCUT2D eigenvalue weighted by Gasteiger charge is -2.33. The van der Waals surface area contributed by atoms with Crippen molar-refractivity contribution in [3.05, 3.63) is 59.5 Å². The third kappa shape index (κ3) is 4.26. The third-order valence-electron chi connectivity index (χ3n) is 5.13. The van der Waals surface area contributed by atoms with Crippen LogP contribution in [0.5, 0.6) is 0 Å². The Balaban J connectivity index is 1.37. The van der Waals surface area contributed by atoms with Crippen LogP contribution in [0.1, 0.15) is 35.7 Å². The van der Waals surface area contributed by atoms with Crippen molar-refractivity contribution in [1.29, 1.82) is 0 Å². The fraction of sp³-hybridized carbons (Fsp3) is 0.429. The van der Waals surface area contributed by atoms with Crippen LogP contribution in [0.15, 0.2) is 52.0 Å². The quantitative estimate of drug-likeness (QED) is 0.830. The maximum absolute atomic E-state index is 12.7. The van der Waals surface area contributed by atoms with Crippen molar-refractivity contribution in [3.8, 4) is 0 Å². The molecule has 2 aliphatic heterocycles. The van der Waals surface area contributed by atoms with E-state index in [9.17, 15) is 4.79 Å². The lowest BCUT2D eigenvalue weighted by molar-refractivity contribution is -0.115. The van der Waals surface area contributed by atoms with Crippen LogP contribution in [0.3, 0.4) is 0 Å². The molecule has 1 N–H and O–H groups in total. The zero-order chi connectivity index (χ0) is 19.3. The van der Waals surface area contributed by atoms with E-state index in [2.05, 4.69) is 15.4 Å². The van der Waals surface area contributed by atoms with E-state index >= 15 is 0 Å². The molecule has 0 bridgehead atoms. The highest BCUT2D eigenvalue weighted by Gasteiger charge is 2.30. The van der Waals surface area contributed by atoms with Crippen molar-refractivity contribution in [1.82, 2.24) is 10.2 Å². The molecule has 0 spiro atoms. The summed E-state index contributed by atoms with van der Waals surface area (Å²) in [5, 5.41) is 7.02. The van der Waals surface area contributed by atoms with E-state index in [4.69, 9.17) is 14.0 Å². The Morgan fingerprint density at radius 3 is 2.71 bits per heavy atom. The van der Waals surface area contributed by atoms with Gasteiger partial charge in [0, 0.05) is 26.1 Å². The number of furan rings is 1. The minimum absolute atomic E-state index is 0.0330. The van der Waals surface area contributed by atoms with E-state index in [0.717, 1.165) is 30.2 Å². The van der Waals surface area contributed by atoms with Crippen molar-refractivity contribution >= 4 is 11.6 Å². The molecule has 1 fully saturated rings. The monoisotopic (exact) mass is 383 g/mol. The smallest absolute Gasteiger partial charge is 0.269 e. The number of aryl methyl sites for hydroxylation is 1. The number of nitrogens with zero attached hydrogens (tertiary/aromatic N) is 2. The first-order chi connectivity index (χ1) is 13.7. The molecule has 4 rings (SSSR count). The molecule has 7 nitrogen and oxygen atoms in total. The predicted octanol–water partition coefficient (Wildman–Crippen LogP) is 2.60. The Hall–Kier alpha value is -2.64. The molecule has 1 saturated heterocycles. The molecule has 1 aromatic carbocycles. The van der Waals surface area contributed by atoms with Crippen LogP contribution in [0.4, 0.5) is 0 Å². The van der Waals surface area contributed by atoms with Gasteiger partial charge in [-0.1, -0.05) is 35.5 Å². The second-order valence-electron chi connectivity index (χ2n) is 7.07. The van der Waals surface area contributed by atoms with Gasteiger partial charge in [-0.2, -0.15) is 0 Å².